The second-order valence-corrected chi connectivity index (χ2v) is 8.10. The normalized spacial score (nSPS) is 19.1. The number of amides is 4. The molecule has 1 aliphatic rings. The van der Waals surface area contributed by atoms with Crippen LogP contribution in [0, 0.1) is 5.92 Å². The summed E-state index contributed by atoms with van der Waals surface area (Å²) in [5.41, 5.74) is 11.0. The van der Waals surface area contributed by atoms with Gasteiger partial charge in [-0.2, -0.15) is 12.6 Å². The molecule has 4 amide bonds. The van der Waals surface area contributed by atoms with Gasteiger partial charge >= 0.3 is 5.97 Å². The average Bonchev–Trinajstić information content (AvgIpc) is 3.13. The van der Waals surface area contributed by atoms with E-state index in [1.54, 1.807) is 0 Å². The zero-order valence-electron chi connectivity index (χ0n) is 17.2. The van der Waals surface area contributed by atoms with Gasteiger partial charge in [0.2, 0.25) is 23.6 Å². The number of hydrogen-bond donors (Lipinski definition) is 6. The van der Waals surface area contributed by atoms with E-state index in [4.69, 9.17) is 11.5 Å². The molecule has 0 radical (unpaired) electrons. The largest absolute Gasteiger partial charge is 0.480 e. The number of nitrogens with zero attached hydrogens (tertiary/aromatic N) is 1. The minimum absolute atomic E-state index is 0.0785. The lowest BCUT2D eigenvalue weighted by Gasteiger charge is -2.28. The van der Waals surface area contributed by atoms with Crippen molar-refractivity contribution in [3.05, 3.63) is 0 Å². The average molecular weight is 446 g/mol. The summed E-state index contributed by atoms with van der Waals surface area (Å²) in [7, 11) is 0. The smallest absolute Gasteiger partial charge is 0.326 e. The van der Waals surface area contributed by atoms with Crippen LogP contribution in [-0.2, 0) is 24.0 Å². The molecule has 12 heteroatoms. The van der Waals surface area contributed by atoms with Crippen molar-refractivity contribution < 1.29 is 29.1 Å². The number of nitrogens with two attached hydrogens (primary N) is 2. The Morgan fingerprint density at radius 3 is 2.23 bits per heavy atom. The number of primary amides is 1. The number of aliphatic carboxylic acids is 1. The SMILES string of the molecule is CC(C)CC(N)C(=O)NC(CS)C(=O)NC(CC(N)=O)C(=O)N1CCCC1C(=O)O. The van der Waals surface area contributed by atoms with Gasteiger partial charge in [-0.05, 0) is 25.2 Å². The first-order valence-corrected chi connectivity index (χ1v) is 10.4. The van der Waals surface area contributed by atoms with Crippen LogP contribution in [0.15, 0.2) is 0 Å². The predicted molar refractivity (Wildman–Crippen MR) is 111 cm³/mol. The van der Waals surface area contributed by atoms with E-state index in [9.17, 15) is 29.1 Å². The molecule has 1 fully saturated rings. The van der Waals surface area contributed by atoms with Gasteiger partial charge in [-0.25, -0.2) is 4.79 Å². The van der Waals surface area contributed by atoms with Gasteiger partial charge in [0.25, 0.3) is 0 Å². The second-order valence-electron chi connectivity index (χ2n) is 7.74. The predicted octanol–water partition coefficient (Wildman–Crippen LogP) is -1.79. The van der Waals surface area contributed by atoms with Crippen LogP contribution < -0.4 is 22.1 Å². The quantitative estimate of drug-likeness (QED) is 0.203. The van der Waals surface area contributed by atoms with Gasteiger partial charge in [0.1, 0.15) is 18.1 Å². The van der Waals surface area contributed by atoms with Gasteiger partial charge in [-0.15, -0.1) is 0 Å². The van der Waals surface area contributed by atoms with Crippen LogP contribution in [0.25, 0.3) is 0 Å². The van der Waals surface area contributed by atoms with Crippen molar-refractivity contribution in [2.75, 3.05) is 12.3 Å². The molecule has 170 valence electrons. The lowest BCUT2D eigenvalue weighted by atomic mass is 10.0. The molecule has 0 aliphatic carbocycles. The summed E-state index contributed by atoms with van der Waals surface area (Å²) in [5, 5.41) is 14.1. The fraction of sp³-hybridized carbons (Fsp3) is 0.722. The summed E-state index contributed by atoms with van der Waals surface area (Å²) < 4.78 is 0. The Labute approximate surface area is 180 Å². The van der Waals surface area contributed by atoms with Gasteiger partial charge in [-0.1, -0.05) is 13.8 Å². The molecule has 0 aromatic carbocycles. The monoisotopic (exact) mass is 445 g/mol. The summed E-state index contributed by atoms with van der Waals surface area (Å²) in [5.74, 6) is -3.91. The highest BCUT2D eigenvalue weighted by atomic mass is 32.1. The van der Waals surface area contributed by atoms with E-state index in [1.807, 2.05) is 13.8 Å². The minimum Gasteiger partial charge on any atom is -0.480 e. The summed E-state index contributed by atoms with van der Waals surface area (Å²) in [6.07, 6.45) is 0.680. The van der Waals surface area contributed by atoms with Gasteiger partial charge in [0, 0.05) is 12.3 Å². The van der Waals surface area contributed by atoms with Crippen molar-refractivity contribution in [2.45, 2.75) is 63.7 Å². The number of thiol groups is 1. The lowest BCUT2D eigenvalue weighted by molar-refractivity contribution is -0.149. The summed E-state index contributed by atoms with van der Waals surface area (Å²) >= 11 is 4.06. The Morgan fingerprint density at radius 1 is 1.13 bits per heavy atom. The molecule has 1 heterocycles. The molecule has 0 saturated carbocycles. The zero-order chi connectivity index (χ0) is 23.0. The Kier molecular flexibility index (Phi) is 10.1. The van der Waals surface area contributed by atoms with Gasteiger partial charge < -0.3 is 32.1 Å². The highest BCUT2D eigenvalue weighted by molar-refractivity contribution is 7.80. The third-order valence-corrected chi connectivity index (χ3v) is 5.08. The molecule has 4 atom stereocenters. The molecule has 0 spiro atoms. The maximum atomic E-state index is 12.8. The summed E-state index contributed by atoms with van der Waals surface area (Å²) in [4.78, 5) is 61.5. The van der Waals surface area contributed by atoms with Gasteiger partial charge in [-0.3, -0.25) is 19.2 Å². The first kappa shape index (κ1) is 25.7. The van der Waals surface area contributed by atoms with Crippen LogP contribution in [0.1, 0.15) is 39.5 Å². The number of carboxylic acid groups (broad SMARTS) is 1. The molecule has 1 saturated heterocycles. The first-order valence-electron chi connectivity index (χ1n) is 9.76. The van der Waals surface area contributed by atoms with Crippen LogP contribution in [-0.4, -0.2) is 76.1 Å². The van der Waals surface area contributed by atoms with Gasteiger partial charge in [0.15, 0.2) is 0 Å². The zero-order valence-corrected chi connectivity index (χ0v) is 18.1. The van der Waals surface area contributed by atoms with Crippen molar-refractivity contribution in [1.82, 2.24) is 15.5 Å². The number of nitrogens with one attached hydrogen (secondary N) is 2. The van der Waals surface area contributed by atoms with E-state index in [0.717, 1.165) is 4.90 Å². The number of carbonyl (C=O) groups is 5. The third-order valence-electron chi connectivity index (χ3n) is 4.72. The highest BCUT2D eigenvalue weighted by Gasteiger charge is 2.38. The van der Waals surface area contributed by atoms with Crippen LogP contribution in [0.4, 0.5) is 0 Å². The number of likely N-dealkylation sites (tertiary alicyclic amines) is 1. The molecule has 0 aromatic rings. The topological polar surface area (TPSA) is 185 Å². The van der Waals surface area contributed by atoms with Gasteiger partial charge in [0.05, 0.1) is 12.5 Å². The number of hydrogen-bond acceptors (Lipinski definition) is 7. The molecule has 0 aromatic heterocycles. The maximum absolute atomic E-state index is 12.8. The first-order chi connectivity index (χ1) is 14.0. The molecule has 30 heavy (non-hydrogen) atoms. The van der Waals surface area contributed by atoms with Crippen molar-refractivity contribution >= 4 is 42.2 Å². The fourth-order valence-electron chi connectivity index (χ4n) is 3.25. The second kappa shape index (κ2) is 11.7. The summed E-state index contributed by atoms with van der Waals surface area (Å²) in [6, 6.07) is -4.29. The molecule has 1 aliphatic heterocycles. The van der Waals surface area contributed by atoms with Crippen LogP contribution in [0.2, 0.25) is 0 Å². The standard InChI is InChI=1S/C18H31N5O6S/c1-9(2)6-10(19)15(25)22-12(8-30)16(26)21-11(7-14(20)24)17(27)23-5-3-4-13(23)18(28)29/h9-13,30H,3-8,19H2,1-2H3,(H2,20,24)(H,21,26)(H,22,25)(H,28,29). The Morgan fingerprint density at radius 2 is 1.73 bits per heavy atom. The number of rotatable bonds is 11. The molecular weight excluding hydrogens is 414 g/mol. The van der Waals surface area contributed by atoms with Crippen LogP contribution in [0.5, 0.6) is 0 Å². The van der Waals surface area contributed by atoms with Crippen molar-refractivity contribution in [3.8, 4) is 0 Å². The fourth-order valence-corrected chi connectivity index (χ4v) is 3.51. The molecule has 0 bridgehead atoms. The Hall–Kier alpha value is -2.34. The lowest BCUT2D eigenvalue weighted by Crippen LogP contribution is -2.58. The minimum atomic E-state index is -1.35. The van der Waals surface area contributed by atoms with Crippen molar-refractivity contribution in [3.63, 3.8) is 0 Å². The van der Waals surface area contributed by atoms with E-state index in [1.165, 1.54) is 0 Å². The van der Waals surface area contributed by atoms with Crippen molar-refractivity contribution in [2.24, 2.45) is 17.4 Å². The molecule has 4 unspecified atom stereocenters. The van der Waals surface area contributed by atoms with E-state index in [2.05, 4.69) is 23.3 Å². The number of carbonyl (C=O) groups excluding carboxylic acids is 4. The molecular formula is C18H31N5O6S. The maximum Gasteiger partial charge on any atom is 0.326 e. The summed E-state index contributed by atoms with van der Waals surface area (Å²) in [6.45, 7) is 4.00. The van der Waals surface area contributed by atoms with Crippen molar-refractivity contribution in [1.29, 1.82) is 0 Å². The Balaban J connectivity index is 2.88. The Bertz CT molecular complexity index is 673. The van der Waals surface area contributed by atoms with E-state index < -0.39 is 60.2 Å². The molecule has 1 rings (SSSR count). The third kappa shape index (κ3) is 7.48. The van der Waals surface area contributed by atoms with E-state index in [0.29, 0.717) is 12.8 Å². The highest BCUT2D eigenvalue weighted by Crippen LogP contribution is 2.19. The molecule has 7 N–H and O–H groups in total. The molecule has 11 nitrogen and oxygen atoms in total. The van der Waals surface area contributed by atoms with E-state index >= 15 is 0 Å². The van der Waals surface area contributed by atoms with E-state index in [-0.39, 0.29) is 24.6 Å². The van der Waals surface area contributed by atoms with Crippen LogP contribution in [0.3, 0.4) is 0 Å². The van der Waals surface area contributed by atoms with Crippen LogP contribution >= 0.6 is 12.6 Å². The number of carboxylic acids is 1.